The van der Waals surface area contributed by atoms with Crippen molar-refractivity contribution in [1.29, 1.82) is 0 Å². The monoisotopic (exact) mass is 340 g/mol. The maximum absolute atomic E-state index is 13.5. The molecule has 0 spiro atoms. The molecule has 0 radical (unpaired) electrons. The van der Waals surface area contributed by atoms with Gasteiger partial charge in [0.1, 0.15) is 5.75 Å². The number of hydrogen-bond donors (Lipinski definition) is 3. The highest BCUT2D eigenvalue weighted by atomic mass is 19.2. The molecule has 2 aromatic carbocycles. The van der Waals surface area contributed by atoms with Crippen LogP contribution in [0.15, 0.2) is 36.4 Å². The zero-order chi connectivity index (χ0) is 17.7. The van der Waals surface area contributed by atoms with E-state index in [4.69, 9.17) is 9.84 Å². The molecule has 1 amide bonds. The number of rotatable bonds is 6. The van der Waals surface area contributed by atoms with E-state index in [-0.39, 0.29) is 6.61 Å². The van der Waals surface area contributed by atoms with Crippen LogP contribution in [-0.2, 0) is 11.4 Å². The van der Waals surface area contributed by atoms with Crippen molar-refractivity contribution >= 4 is 11.6 Å². The summed E-state index contributed by atoms with van der Waals surface area (Å²) in [6.45, 7) is 1.28. The predicted octanol–water partition coefficient (Wildman–Crippen LogP) is 2.51. The molecule has 24 heavy (non-hydrogen) atoms. The summed E-state index contributed by atoms with van der Waals surface area (Å²) >= 11 is 0. The second-order valence-corrected chi connectivity index (χ2v) is 4.90. The average molecular weight is 340 g/mol. The Morgan fingerprint density at radius 3 is 2.67 bits per heavy atom. The Hall–Kier alpha value is -2.74. The van der Waals surface area contributed by atoms with E-state index < -0.39 is 35.2 Å². The SMILES string of the molecule is CC(Oc1cccc(CO)c1)C(=O)NNc1ccc(F)c(F)c1F. The van der Waals surface area contributed by atoms with Crippen molar-refractivity contribution in [3.05, 3.63) is 59.4 Å². The highest BCUT2D eigenvalue weighted by Gasteiger charge is 2.17. The third-order valence-corrected chi connectivity index (χ3v) is 3.12. The minimum absolute atomic E-state index is 0.172. The molecule has 3 N–H and O–H groups in total. The number of halogens is 3. The lowest BCUT2D eigenvalue weighted by molar-refractivity contribution is -0.126. The number of aliphatic hydroxyl groups is 1. The van der Waals surface area contributed by atoms with E-state index in [0.29, 0.717) is 11.3 Å². The number of carbonyl (C=O) groups excluding carboxylic acids is 1. The summed E-state index contributed by atoms with van der Waals surface area (Å²) in [6, 6.07) is 8.18. The van der Waals surface area contributed by atoms with Gasteiger partial charge >= 0.3 is 0 Å². The van der Waals surface area contributed by atoms with Crippen LogP contribution < -0.4 is 15.6 Å². The molecular formula is C16H15F3N2O3. The largest absolute Gasteiger partial charge is 0.481 e. The molecule has 0 fully saturated rings. The number of hydrazine groups is 1. The van der Waals surface area contributed by atoms with Crippen LogP contribution in [0.25, 0.3) is 0 Å². The lowest BCUT2D eigenvalue weighted by Gasteiger charge is -2.16. The smallest absolute Gasteiger partial charge is 0.279 e. The van der Waals surface area contributed by atoms with Crippen molar-refractivity contribution in [1.82, 2.24) is 5.43 Å². The Bertz CT molecular complexity index is 741. The van der Waals surface area contributed by atoms with E-state index in [1.54, 1.807) is 24.3 Å². The van der Waals surface area contributed by atoms with Crippen LogP contribution in [0.2, 0.25) is 0 Å². The standard InChI is InChI=1S/C16H15F3N2O3/c1-9(24-11-4-2-3-10(7-11)8-22)16(23)21-20-13-6-5-12(17)14(18)15(13)19/h2-7,9,20,22H,8H2,1H3,(H,21,23). The number of anilines is 1. The first kappa shape index (κ1) is 17.6. The molecule has 0 heterocycles. The summed E-state index contributed by atoms with van der Waals surface area (Å²) in [7, 11) is 0. The first-order chi connectivity index (χ1) is 11.4. The maximum atomic E-state index is 13.5. The average Bonchev–Trinajstić information content (AvgIpc) is 2.59. The molecule has 0 saturated carbocycles. The number of carbonyl (C=O) groups is 1. The van der Waals surface area contributed by atoms with E-state index in [0.717, 1.165) is 12.1 Å². The Balaban J connectivity index is 1.95. The molecular weight excluding hydrogens is 325 g/mol. The van der Waals surface area contributed by atoms with Gasteiger partial charge in [0.05, 0.1) is 12.3 Å². The molecule has 2 aromatic rings. The van der Waals surface area contributed by atoms with Crippen LogP contribution in [0, 0.1) is 17.5 Å². The Morgan fingerprint density at radius 1 is 1.21 bits per heavy atom. The predicted molar refractivity (Wildman–Crippen MR) is 80.5 cm³/mol. The molecule has 1 unspecified atom stereocenters. The van der Waals surface area contributed by atoms with Gasteiger partial charge in [-0.2, -0.15) is 0 Å². The number of ether oxygens (including phenoxy) is 1. The van der Waals surface area contributed by atoms with Gasteiger partial charge in [0.2, 0.25) is 0 Å². The molecule has 0 saturated heterocycles. The van der Waals surface area contributed by atoms with Gasteiger partial charge in [-0.05, 0) is 36.8 Å². The van der Waals surface area contributed by atoms with Crippen LogP contribution in [0.4, 0.5) is 18.9 Å². The summed E-state index contributed by atoms with van der Waals surface area (Å²) in [6.07, 6.45) is -0.959. The van der Waals surface area contributed by atoms with Crippen molar-refractivity contribution in [3.63, 3.8) is 0 Å². The van der Waals surface area contributed by atoms with Crippen LogP contribution in [0.5, 0.6) is 5.75 Å². The van der Waals surface area contributed by atoms with E-state index in [1.807, 2.05) is 0 Å². The fourth-order valence-electron chi connectivity index (χ4n) is 1.83. The van der Waals surface area contributed by atoms with Crippen LogP contribution >= 0.6 is 0 Å². The fraction of sp³-hybridized carbons (Fsp3) is 0.188. The van der Waals surface area contributed by atoms with E-state index >= 15 is 0 Å². The van der Waals surface area contributed by atoms with E-state index in [9.17, 15) is 18.0 Å². The van der Waals surface area contributed by atoms with Crippen molar-refractivity contribution in [2.24, 2.45) is 0 Å². The summed E-state index contributed by atoms with van der Waals surface area (Å²) in [5.74, 6) is -4.71. The van der Waals surface area contributed by atoms with Crippen LogP contribution in [0.1, 0.15) is 12.5 Å². The fourth-order valence-corrected chi connectivity index (χ4v) is 1.83. The Morgan fingerprint density at radius 2 is 1.96 bits per heavy atom. The summed E-state index contributed by atoms with van der Waals surface area (Å²) in [5, 5.41) is 9.05. The van der Waals surface area contributed by atoms with Gasteiger partial charge in [-0.3, -0.25) is 15.6 Å². The molecule has 5 nitrogen and oxygen atoms in total. The van der Waals surface area contributed by atoms with Crippen molar-refractivity contribution in [3.8, 4) is 5.75 Å². The maximum Gasteiger partial charge on any atom is 0.279 e. The molecule has 0 bridgehead atoms. The second kappa shape index (κ2) is 7.69. The number of amides is 1. The topological polar surface area (TPSA) is 70.6 Å². The third kappa shape index (κ3) is 4.17. The second-order valence-electron chi connectivity index (χ2n) is 4.90. The zero-order valence-corrected chi connectivity index (χ0v) is 12.6. The molecule has 2 rings (SSSR count). The highest BCUT2D eigenvalue weighted by Crippen LogP contribution is 2.19. The van der Waals surface area contributed by atoms with Gasteiger partial charge in [-0.15, -0.1) is 0 Å². The lowest BCUT2D eigenvalue weighted by Crippen LogP contribution is -2.39. The summed E-state index contributed by atoms with van der Waals surface area (Å²) in [4.78, 5) is 11.9. The van der Waals surface area contributed by atoms with Gasteiger partial charge in [-0.1, -0.05) is 12.1 Å². The molecule has 1 atom stereocenters. The van der Waals surface area contributed by atoms with Crippen molar-refractivity contribution in [2.45, 2.75) is 19.6 Å². The Labute approximate surface area is 136 Å². The number of aliphatic hydroxyl groups excluding tert-OH is 1. The minimum Gasteiger partial charge on any atom is -0.481 e. The van der Waals surface area contributed by atoms with Crippen LogP contribution in [-0.4, -0.2) is 17.1 Å². The molecule has 0 aromatic heterocycles. The first-order valence-electron chi connectivity index (χ1n) is 6.98. The minimum atomic E-state index is -1.64. The number of hydrogen-bond acceptors (Lipinski definition) is 4. The van der Waals surface area contributed by atoms with Gasteiger partial charge in [0.25, 0.3) is 5.91 Å². The Kier molecular flexibility index (Phi) is 5.64. The lowest BCUT2D eigenvalue weighted by atomic mass is 10.2. The zero-order valence-electron chi connectivity index (χ0n) is 12.6. The molecule has 0 aliphatic carbocycles. The van der Waals surface area contributed by atoms with Gasteiger partial charge < -0.3 is 9.84 Å². The molecule has 0 aliphatic heterocycles. The quantitative estimate of drug-likeness (QED) is 0.558. The van der Waals surface area contributed by atoms with Crippen molar-refractivity contribution < 1.29 is 27.8 Å². The van der Waals surface area contributed by atoms with E-state index in [2.05, 4.69) is 10.9 Å². The van der Waals surface area contributed by atoms with Crippen molar-refractivity contribution in [2.75, 3.05) is 5.43 Å². The van der Waals surface area contributed by atoms with Gasteiger partial charge in [0, 0.05) is 0 Å². The molecule has 128 valence electrons. The molecule has 0 aliphatic rings. The normalized spacial score (nSPS) is 11.7. The summed E-state index contributed by atoms with van der Waals surface area (Å²) in [5.41, 5.74) is 4.50. The number of nitrogens with one attached hydrogen (secondary N) is 2. The van der Waals surface area contributed by atoms with Gasteiger partial charge in [-0.25, -0.2) is 13.2 Å². The van der Waals surface area contributed by atoms with Gasteiger partial charge in [0.15, 0.2) is 23.6 Å². The summed E-state index contributed by atoms with van der Waals surface area (Å²) < 4.78 is 44.8. The third-order valence-electron chi connectivity index (χ3n) is 3.12. The van der Waals surface area contributed by atoms with Crippen LogP contribution in [0.3, 0.4) is 0 Å². The highest BCUT2D eigenvalue weighted by molar-refractivity contribution is 5.81. The number of benzene rings is 2. The molecule has 8 heteroatoms. The first-order valence-corrected chi connectivity index (χ1v) is 6.98. The van der Waals surface area contributed by atoms with E-state index in [1.165, 1.54) is 6.92 Å².